The molecule has 0 spiro atoms. The maximum absolute atomic E-state index is 12.7. The summed E-state index contributed by atoms with van der Waals surface area (Å²) in [5.74, 6) is 0.102. The fraction of sp³-hybridized carbons (Fsp3) is 0.263. The van der Waals surface area contributed by atoms with Crippen LogP contribution in [0, 0.1) is 0 Å². The second kappa shape index (κ2) is 6.32. The first-order valence-corrected chi connectivity index (χ1v) is 7.74. The van der Waals surface area contributed by atoms with E-state index in [0.717, 1.165) is 49.3 Å². The lowest BCUT2D eigenvalue weighted by atomic mass is 9.93. The highest BCUT2D eigenvalue weighted by Crippen LogP contribution is 2.36. The average molecular weight is 333 g/mol. The van der Waals surface area contributed by atoms with Crippen LogP contribution in [0.25, 0.3) is 11.1 Å². The first kappa shape index (κ1) is 16.6. The van der Waals surface area contributed by atoms with E-state index in [1.165, 1.54) is 12.1 Å². The molecule has 1 aliphatic rings. The molecule has 0 saturated carbocycles. The van der Waals surface area contributed by atoms with Crippen molar-refractivity contribution in [3.05, 3.63) is 65.7 Å². The minimum absolute atomic E-state index is 0.102. The molecule has 1 N–H and O–H groups in total. The molecule has 1 aliphatic heterocycles. The third kappa shape index (κ3) is 3.31. The molecule has 0 saturated heterocycles. The number of hydrogen-bond acceptors (Lipinski definition) is 2. The van der Waals surface area contributed by atoms with Crippen LogP contribution in [0.4, 0.5) is 13.2 Å². The summed E-state index contributed by atoms with van der Waals surface area (Å²) in [6, 6.07) is 8.48. The van der Waals surface area contributed by atoms with Crippen molar-refractivity contribution in [2.75, 3.05) is 13.1 Å². The molecule has 0 fully saturated rings. The van der Waals surface area contributed by atoms with Crippen molar-refractivity contribution in [2.24, 2.45) is 0 Å². The molecule has 1 heterocycles. The molecule has 5 heteroatoms. The van der Waals surface area contributed by atoms with Gasteiger partial charge in [0.2, 0.25) is 0 Å². The molecule has 0 amide bonds. The topological polar surface area (TPSA) is 23.5 Å². The molecular formula is C19H18F3NO. The van der Waals surface area contributed by atoms with Crippen molar-refractivity contribution in [3.8, 4) is 16.9 Å². The monoisotopic (exact) mass is 333 g/mol. The Balaban J connectivity index is 1.94. The van der Waals surface area contributed by atoms with Gasteiger partial charge in [0.25, 0.3) is 0 Å². The van der Waals surface area contributed by atoms with Gasteiger partial charge in [0.15, 0.2) is 0 Å². The van der Waals surface area contributed by atoms with E-state index in [9.17, 15) is 18.3 Å². The summed E-state index contributed by atoms with van der Waals surface area (Å²) in [6.45, 7) is 6.18. The van der Waals surface area contributed by atoms with E-state index in [2.05, 4.69) is 11.5 Å². The van der Waals surface area contributed by atoms with Crippen LogP contribution >= 0.6 is 0 Å². The quantitative estimate of drug-likeness (QED) is 0.829. The fourth-order valence-electron chi connectivity index (χ4n) is 3.06. The van der Waals surface area contributed by atoms with Gasteiger partial charge in [-0.3, -0.25) is 4.90 Å². The lowest BCUT2D eigenvalue weighted by Crippen LogP contribution is -2.30. The maximum atomic E-state index is 12.7. The smallest absolute Gasteiger partial charge is 0.416 e. The molecule has 24 heavy (non-hydrogen) atoms. The van der Waals surface area contributed by atoms with Gasteiger partial charge in [0.05, 0.1) is 5.56 Å². The van der Waals surface area contributed by atoms with Crippen LogP contribution in [-0.4, -0.2) is 23.1 Å². The first-order chi connectivity index (χ1) is 11.4. The molecule has 0 bridgehead atoms. The number of aromatic hydroxyl groups is 1. The van der Waals surface area contributed by atoms with Gasteiger partial charge in [-0.25, -0.2) is 0 Å². The van der Waals surface area contributed by atoms with Gasteiger partial charge in [-0.1, -0.05) is 18.2 Å². The highest BCUT2D eigenvalue weighted by molar-refractivity contribution is 5.72. The second-order valence-electron chi connectivity index (χ2n) is 5.99. The summed E-state index contributed by atoms with van der Waals surface area (Å²) in [7, 11) is 0. The minimum Gasteiger partial charge on any atom is -0.507 e. The van der Waals surface area contributed by atoms with Gasteiger partial charge in [0, 0.05) is 25.2 Å². The van der Waals surface area contributed by atoms with Gasteiger partial charge < -0.3 is 5.11 Å². The van der Waals surface area contributed by atoms with Crippen molar-refractivity contribution in [1.82, 2.24) is 4.90 Å². The van der Waals surface area contributed by atoms with E-state index in [-0.39, 0.29) is 5.75 Å². The third-order valence-electron chi connectivity index (χ3n) is 4.32. The predicted octanol–water partition coefficient (Wildman–Crippen LogP) is 4.62. The van der Waals surface area contributed by atoms with Crippen LogP contribution < -0.4 is 0 Å². The Morgan fingerprint density at radius 2 is 1.83 bits per heavy atom. The Labute approximate surface area is 138 Å². The van der Waals surface area contributed by atoms with Crippen LogP contribution in [0.3, 0.4) is 0 Å². The highest BCUT2D eigenvalue weighted by atomic mass is 19.4. The Hall–Kier alpha value is -2.27. The van der Waals surface area contributed by atoms with E-state index in [0.29, 0.717) is 11.1 Å². The zero-order chi connectivity index (χ0) is 17.3. The zero-order valence-electron chi connectivity index (χ0n) is 13.1. The zero-order valence-corrected chi connectivity index (χ0v) is 13.1. The number of rotatable bonds is 3. The number of alkyl halides is 3. The van der Waals surface area contributed by atoms with Gasteiger partial charge in [0.1, 0.15) is 5.75 Å². The first-order valence-electron chi connectivity index (χ1n) is 7.74. The van der Waals surface area contributed by atoms with Crippen LogP contribution in [0.2, 0.25) is 0 Å². The van der Waals surface area contributed by atoms with Gasteiger partial charge in [-0.05, 0) is 47.4 Å². The van der Waals surface area contributed by atoms with Crippen LogP contribution in [0.15, 0.2) is 49.1 Å². The molecule has 0 aromatic heterocycles. The Morgan fingerprint density at radius 3 is 2.46 bits per heavy atom. The Kier molecular flexibility index (Phi) is 4.37. The Morgan fingerprint density at radius 1 is 1.12 bits per heavy atom. The van der Waals surface area contributed by atoms with Crippen LogP contribution in [0.5, 0.6) is 5.75 Å². The molecule has 2 nitrogen and oxygen atoms in total. The van der Waals surface area contributed by atoms with E-state index >= 15 is 0 Å². The maximum Gasteiger partial charge on any atom is 0.416 e. The highest BCUT2D eigenvalue weighted by Gasteiger charge is 2.30. The summed E-state index contributed by atoms with van der Waals surface area (Å²) in [5, 5.41) is 10.3. The fourth-order valence-corrected chi connectivity index (χ4v) is 3.06. The van der Waals surface area contributed by atoms with Gasteiger partial charge >= 0.3 is 6.18 Å². The number of phenols is 1. The predicted molar refractivity (Wildman–Crippen MR) is 87.7 cm³/mol. The van der Waals surface area contributed by atoms with E-state index in [1.807, 2.05) is 12.1 Å². The van der Waals surface area contributed by atoms with Crippen molar-refractivity contribution >= 4 is 0 Å². The molecule has 2 aromatic rings. The number of benzene rings is 2. The second-order valence-corrected chi connectivity index (χ2v) is 5.99. The molecule has 2 aromatic carbocycles. The molecule has 0 atom stereocenters. The minimum atomic E-state index is -4.36. The average Bonchev–Trinajstić information content (AvgIpc) is 2.54. The van der Waals surface area contributed by atoms with E-state index in [4.69, 9.17) is 0 Å². The molecule has 0 unspecified atom stereocenters. The molecule has 3 rings (SSSR count). The number of phenolic OH excluding ortho intramolecular Hbond substituents is 1. The van der Waals surface area contributed by atoms with Crippen molar-refractivity contribution < 1.29 is 18.3 Å². The lowest BCUT2D eigenvalue weighted by molar-refractivity contribution is -0.137. The molecular weight excluding hydrogens is 315 g/mol. The molecule has 0 radical (unpaired) electrons. The normalized spacial score (nSPS) is 15.1. The summed E-state index contributed by atoms with van der Waals surface area (Å²) >= 11 is 0. The summed E-state index contributed by atoms with van der Waals surface area (Å²) in [5.41, 5.74) is 2.62. The van der Waals surface area contributed by atoms with Crippen molar-refractivity contribution in [2.45, 2.75) is 19.1 Å². The summed E-state index contributed by atoms with van der Waals surface area (Å²) in [6.07, 6.45) is -1.67. The van der Waals surface area contributed by atoms with Crippen LogP contribution in [0.1, 0.15) is 16.7 Å². The standard InChI is InChI=1S/C19H18F3NO/c1-2-8-23-9-7-14-11-18(24)17(10-15(14)12-23)13-3-5-16(6-4-13)19(20,21)22/h2-6,10-11,24H,1,7-9,12H2. The van der Waals surface area contributed by atoms with Crippen molar-refractivity contribution in [3.63, 3.8) is 0 Å². The van der Waals surface area contributed by atoms with Crippen molar-refractivity contribution in [1.29, 1.82) is 0 Å². The van der Waals surface area contributed by atoms with E-state index in [1.54, 1.807) is 6.07 Å². The molecule has 126 valence electrons. The number of halogens is 3. The Bertz CT molecular complexity index is 750. The van der Waals surface area contributed by atoms with Gasteiger partial charge in [-0.2, -0.15) is 13.2 Å². The summed E-state index contributed by atoms with van der Waals surface area (Å²) < 4.78 is 38.0. The van der Waals surface area contributed by atoms with Crippen LogP contribution in [-0.2, 0) is 19.1 Å². The largest absolute Gasteiger partial charge is 0.507 e. The third-order valence-corrected chi connectivity index (χ3v) is 4.32. The molecule has 0 aliphatic carbocycles. The number of hydrogen-bond donors (Lipinski definition) is 1. The lowest BCUT2D eigenvalue weighted by Gasteiger charge is -2.28. The SMILES string of the molecule is C=CCN1CCc2cc(O)c(-c3ccc(C(F)(F)F)cc3)cc2C1. The summed E-state index contributed by atoms with van der Waals surface area (Å²) in [4.78, 5) is 2.24. The number of fused-ring (bicyclic) bond motifs is 1. The van der Waals surface area contributed by atoms with E-state index < -0.39 is 11.7 Å². The van der Waals surface area contributed by atoms with Gasteiger partial charge in [-0.15, -0.1) is 6.58 Å². The number of nitrogens with zero attached hydrogens (tertiary/aromatic N) is 1.